The Kier molecular flexibility index (Phi) is 19.5. The number of hydrogen-bond acceptors (Lipinski definition) is 8. The molecule has 14 aromatic carbocycles. The highest BCUT2D eigenvalue weighted by Crippen LogP contribution is 2.56. The fourth-order valence-corrected chi connectivity index (χ4v) is 19.2. The van der Waals surface area contributed by atoms with Gasteiger partial charge in [0.1, 0.15) is 22.3 Å². The second-order valence-corrected chi connectivity index (χ2v) is 44.0. The predicted molar refractivity (Wildman–Crippen MR) is 540 cm³/mol. The summed E-state index contributed by atoms with van der Waals surface area (Å²) in [5, 5.41) is 9.58. The monoisotopic (exact) mass is 1670 g/mol. The Morgan fingerprint density at radius 3 is 0.810 bits per heavy atom. The van der Waals surface area contributed by atoms with Gasteiger partial charge in [0.15, 0.2) is 22.3 Å². The molecule has 4 aromatic heterocycles. The Labute approximate surface area is 748 Å². The predicted octanol–water partition coefficient (Wildman–Crippen LogP) is 33.0. The van der Waals surface area contributed by atoms with Gasteiger partial charge in [-0.2, -0.15) is 0 Å². The fraction of sp³-hybridized carbons (Fsp3) is 0.276. The molecule has 0 saturated carbocycles. The van der Waals surface area contributed by atoms with Gasteiger partial charge in [0.25, 0.3) is 6.71 Å². The van der Waals surface area contributed by atoms with E-state index in [0.29, 0.717) is 5.02 Å². The Balaban J connectivity index is 0.000000165. The quantitative estimate of drug-likeness (QED) is 0.139. The molecule has 0 radical (unpaired) electrons. The van der Waals surface area contributed by atoms with Gasteiger partial charge in [0.2, 0.25) is 0 Å². The highest BCUT2D eigenvalue weighted by molar-refractivity contribution is 7.00. The summed E-state index contributed by atoms with van der Waals surface area (Å²) in [4.78, 5) is 9.54. The number of rotatable bonds is 8. The van der Waals surface area contributed by atoms with Gasteiger partial charge in [-0.15, -0.1) is 0 Å². The zero-order valence-corrected chi connectivity index (χ0v) is 78.5. The molecule has 2 aliphatic heterocycles. The Morgan fingerprint density at radius 1 is 0.230 bits per heavy atom. The van der Waals surface area contributed by atoms with Crippen LogP contribution in [0.15, 0.2) is 285 Å². The number of fused-ring (bicyclic) bond motifs is 16. The van der Waals surface area contributed by atoms with Gasteiger partial charge < -0.3 is 37.3 Å². The number of halogens is 1. The molecule has 8 nitrogen and oxygen atoms in total. The third kappa shape index (κ3) is 14.3. The van der Waals surface area contributed by atoms with Crippen LogP contribution in [0, 0.1) is 0 Å². The summed E-state index contributed by atoms with van der Waals surface area (Å²) >= 11 is 8.01. The van der Waals surface area contributed by atoms with Crippen molar-refractivity contribution in [2.45, 2.75) is 209 Å². The van der Waals surface area contributed by atoms with Crippen LogP contribution in [0.25, 0.3) is 87.8 Å². The van der Waals surface area contributed by atoms with E-state index in [-0.39, 0.29) is 50.0 Å². The van der Waals surface area contributed by atoms with Crippen molar-refractivity contribution in [1.82, 2.24) is 0 Å². The van der Waals surface area contributed by atoms with Gasteiger partial charge in [0, 0.05) is 77.2 Å². The molecule has 2 aliphatic rings. The van der Waals surface area contributed by atoms with Crippen molar-refractivity contribution in [1.29, 1.82) is 0 Å². The molecule has 10 heteroatoms. The van der Waals surface area contributed by atoms with Crippen LogP contribution in [-0.2, 0) is 43.3 Å². The summed E-state index contributed by atoms with van der Waals surface area (Å²) in [6.07, 6.45) is 0. The van der Waals surface area contributed by atoms with Gasteiger partial charge in [-0.1, -0.05) is 287 Å². The molecule has 0 N–H and O–H groups in total. The number of para-hydroxylation sites is 4. The minimum Gasteiger partial charge on any atom is -0.454 e. The fourth-order valence-electron chi connectivity index (χ4n) is 18.9. The lowest BCUT2D eigenvalue weighted by molar-refractivity contribution is 0.590. The molecule has 20 rings (SSSR count). The molecule has 0 spiro atoms. The molecule has 0 fully saturated rings. The smallest absolute Gasteiger partial charge is 0.252 e. The second-order valence-electron chi connectivity index (χ2n) is 43.6. The molecule has 0 saturated heterocycles. The summed E-state index contributed by atoms with van der Waals surface area (Å²) in [7, 11) is 0. The van der Waals surface area contributed by atoms with Gasteiger partial charge in [-0.05, 0) is 262 Å². The molecular formula is C116H116BClN4O4. The maximum absolute atomic E-state index is 8.01. The number of furan rings is 4. The number of hydrogen-bond donors (Lipinski definition) is 0. The molecule has 0 amide bonds. The van der Waals surface area contributed by atoms with Crippen molar-refractivity contribution in [3.8, 4) is 0 Å². The third-order valence-corrected chi connectivity index (χ3v) is 26.8. The lowest BCUT2D eigenvalue weighted by Crippen LogP contribution is -2.61. The number of benzene rings is 14. The second kappa shape index (κ2) is 29.5. The lowest BCUT2D eigenvalue weighted by Gasteiger charge is -2.44. The molecule has 0 aliphatic carbocycles. The van der Waals surface area contributed by atoms with Crippen molar-refractivity contribution >= 4 is 191 Å². The lowest BCUT2D eigenvalue weighted by atomic mass is 9.33. The van der Waals surface area contributed by atoms with Crippen LogP contribution in [0.3, 0.4) is 0 Å². The minimum atomic E-state index is -0.157. The van der Waals surface area contributed by atoms with E-state index in [1.165, 1.54) is 72.3 Å². The maximum Gasteiger partial charge on any atom is 0.252 e. The highest BCUT2D eigenvalue weighted by atomic mass is 35.5. The molecule has 0 unspecified atom stereocenters. The first-order valence-electron chi connectivity index (χ1n) is 44.9. The molecule has 634 valence electrons. The van der Waals surface area contributed by atoms with E-state index in [2.05, 4.69) is 453 Å². The van der Waals surface area contributed by atoms with E-state index < -0.39 is 0 Å². The number of nitrogens with zero attached hydrogens (tertiary/aromatic N) is 4. The van der Waals surface area contributed by atoms with Crippen LogP contribution < -0.4 is 36.0 Å². The molecule has 0 bridgehead atoms. The summed E-state index contributed by atoms with van der Waals surface area (Å²) < 4.78 is 28.0. The zero-order chi connectivity index (χ0) is 88.9. The largest absolute Gasteiger partial charge is 0.454 e. The molecule has 126 heavy (non-hydrogen) atoms. The SMILES string of the molecule is CC(C)(C)c1ccc2oc3c(N(c4ccccc4)c4cccc(N(c5ccccc5)c5cc(C(C)(C)C)cc6c5oc5ccc(C(C)(C)C)cc56)c4Cl)cc(C(C)(C)C)cc3c2c1.CC(C)(C)c1ccc2oc3c(N4c5ccccc5B5c6ccccc6N(c6cc(C(C)(C)C)cc7c6oc6ccc(C(C)(C)C)cc67)c6cccc4c65)cc(C(C)(C)C)cc3c2c1. The first kappa shape index (κ1) is 83.4. The standard InChI is InChI=1S/C58H57BN2O2.C58H59ClN2O2/c1-55(2,3)34-24-26-50-38(28-34)40-30-36(57(7,8)9)32-48(53(40)62-50)60-44-20-15-13-18-42(44)59-43-19-14-16-21-45(43)61(47-23-17-22-46(60)52(47)59)49-33-37(58(10,11)12)31-41-39-29-35(56(4,5)6)25-27-51(39)63-54(41)49;1-55(2,3)36-26-28-50-42(30-36)44-32-38(57(7,8)9)34-48(53(44)62-50)60(40-20-15-13-16-21-40)46-24-19-25-47(52(46)59)61(41-22-17-14-18-23-41)49-35-39(58(10,11)12)33-45-43-31-37(56(4,5)6)27-29-51(43)63-54(45)49/h13-33H,1-12H3;13-35H,1-12H3. The van der Waals surface area contributed by atoms with Gasteiger partial charge in [-0.25, -0.2) is 0 Å². The summed E-state index contributed by atoms with van der Waals surface area (Å²) in [5.74, 6) is 0. The van der Waals surface area contributed by atoms with Gasteiger partial charge >= 0.3 is 0 Å². The first-order valence-corrected chi connectivity index (χ1v) is 45.3. The Morgan fingerprint density at radius 2 is 0.492 bits per heavy atom. The highest BCUT2D eigenvalue weighted by Gasteiger charge is 2.45. The van der Waals surface area contributed by atoms with Crippen LogP contribution in [0.5, 0.6) is 0 Å². The summed E-state index contributed by atoms with van der Waals surface area (Å²) in [5.41, 5.74) is 32.5. The summed E-state index contributed by atoms with van der Waals surface area (Å²) in [6, 6.07) is 97.8. The minimum absolute atomic E-state index is 0.00402. The summed E-state index contributed by atoms with van der Waals surface area (Å²) in [6.45, 7) is 54.8. The van der Waals surface area contributed by atoms with E-state index in [1.807, 2.05) is 0 Å². The van der Waals surface area contributed by atoms with Crippen molar-refractivity contribution in [3.63, 3.8) is 0 Å². The van der Waals surface area contributed by atoms with Crippen LogP contribution in [0.4, 0.5) is 68.2 Å². The Hall–Kier alpha value is -12.2. The topological polar surface area (TPSA) is 65.5 Å². The normalized spacial score (nSPS) is 13.5. The maximum atomic E-state index is 8.01. The van der Waals surface area contributed by atoms with E-state index >= 15 is 0 Å². The number of anilines is 12. The van der Waals surface area contributed by atoms with Gasteiger partial charge in [0.05, 0.1) is 39.1 Å². The van der Waals surface area contributed by atoms with Crippen LogP contribution in [-0.4, -0.2) is 6.71 Å². The molecule has 18 aromatic rings. The van der Waals surface area contributed by atoms with Gasteiger partial charge in [-0.3, -0.25) is 0 Å². The van der Waals surface area contributed by atoms with Crippen molar-refractivity contribution in [2.24, 2.45) is 0 Å². The molecular weight excluding hydrogens is 1560 g/mol. The molecule has 0 atom stereocenters. The third-order valence-electron chi connectivity index (χ3n) is 26.4. The van der Waals surface area contributed by atoms with Crippen molar-refractivity contribution < 1.29 is 17.7 Å². The van der Waals surface area contributed by atoms with Crippen LogP contribution >= 0.6 is 11.6 Å². The molecule has 6 heterocycles. The van der Waals surface area contributed by atoms with E-state index in [4.69, 9.17) is 29.3 Å². The Bertz CT molecular complexity index is 6970. The van der Waals surface area contributed by atoms with Crippen molar-refractivity contribution in [3.05, 3.63) is 316 Å². The van der Waals surface area contributed by atoms with Crippen LogP contribution in [0.1, 0.15) is 211 Å². The first-order chi connectivity index (χ1) is 59.4. The van der Waals surface area contributed by atoms with E-state index in [0.717, 1.165) is 145 Å². The van der Waals surface area contributed by atoms with Crippen molar-refractivity contribution in [2.75, 3.05) is 19.6 Å². The average molecular weight is 1680 g/mol. The van der Waals surface area contributed by atoms with Crippen LogP contribution in [0.2, 0.25) is 5.02 Å². The van der Waals surface area contributed by atoms with E-state index in [9.17, 15) is 0 Å². The zero-order valence-electron chi connectivity index (χ0n) is 77.8. The van der Waals surface area contributed by atoms with E-state index in [1.54, 1.807) is 0 Å². The average Bonchev–Trinajstić information content (AvgIpc) is 1.15.